The first-order chi connectivity index (χ1) is 19.9. The molecular weight excluding hydrogens is 540 g/mol. The molecule has 2 aliphatic rings. The van der Waals surface area contributed by atoms with Crippen LogP contribution in [-0.2, 0) is 9.53 Å². The van der Waals surface area contributed by atoms with E-state index in [1.807, 2.05) is 48.5 Å². The number of rotatable bonds is 6. The molecule has 1 atom stereocenters. The molecule has 0 unspecified atom stereocenters. The summed E-state index contributed by atoms with van der Waals surface area (Å²) in [5.41, 5.74) is 1.27. The second kappa shape index (κ2) is 11.0. The molecule has 0 aliphatic carbocycles. The van der Waals surface area contributed by atoms with Crippen LogP contribution < -0.4 is 24.5 Å². The summed E-state index contributed by atoms with van der Waals surface area (Å²) in [6, 6.07) is 14.7. The predicted octanol–water partition coefficient (Wildman–Crippen LogP) is 3.30. The molecule has 0 N–H and O–H groups in total. The average Bonchev–Trinajstić information content (AvgIpc) is 3.56. The van der Waals surface area contributed by atoms with Crippen molar-refractivity contribution in [1.29, 1.82) is 0 Å². The number of piperazine rings is 1. The highest BCUT2D eigenvalue weighted by atomic mass is 32.1. The number of nitrogens with zero attached hydrogens (tertiary/aromatic N) is 4. The molecule has 0 amide bonds. The Morgan fingerprint density at radius 1 is 1.12 bits per heavy atom. The van der Waals surface area contributed by atoms with E-state index in [0.29, 0.717) is 37.7 Å². The van der Waals surface area contributed by atoms with Gasteiger partial charge in [0.2, 0.25) is 0 Å². The maximum absolute atomic E-state index is 14.1. The predicted molar refractivity (Wildman–Crippen MR) is 159 cm³/mol. The third kappa shape index (κ3) is 4.87. The van der Waals surface area contributed by atoms with Crippen molar-refractivity contribution in [3.8, 4) is 5.75 Å². The van der Waals surface area contributed by atoms with Gasteiger partial charge in [0.1, 0.15) is 17.6 Å². The molecule has 0 spiro atoms. The number of ether oxygens (including phenoxy) is 2. The molecule has 0 saturated carbocycles. The zero-order valence-corrected chi connectivity index (χ0v) is 24.4. The zero-order chi connectivity index (χ0) is 28.7. The van der Waals surface area contributed by atoms with Gasteiger partial charge in [-0.15, -0.1) is 0 Å². The Bertz CT molecular complexity index is 1840. The average molecular weight is 573 g/mol. The summed E-state index contributed by atoms with van der Waals surface area (Å²) < 4.78 is 19.5. The summed E-state index contributed by atoms with van der Waals surface area (Å²) in [4.78, 5) is 37.2. The summed E-state index contributed by atoms with van der Waals surface area (Å²) in [6.45, 7) is 7.44. The van der Waals surface area contributed by atoms with Gasteiger partial charge >= 0.3 is 5.97 Å². The third-order valence-electron chi connectivity index (χ3n) is 7.64. The number of methoxy groups -OCH3 is 1. The van der Waals surface area contributed by atoms with Gasteiger partial charge in [-0.2, -0.15) is 0 Å². The highest BCUT2D eigenvalue weighted by Crippen LogP contribution is 2.40. The second-order valence-electron chi connectivity index (χ2n) is 10.2. The van der Waals surface area contributed by atoms with Crippen LogP contribution in [0.4, 0.5) is 5.88 Å². The Hall–Kier alpha value is -4.15. The maximum atomic E-state index is 14.1. The van der Waals surface area contributed by atoms with Crippen molar-refractivity contribution >= 4 is 40.0 Å². The maximum Gasteiger partial charge on any atom is 0.338 e. The van der Waals surface area contributed by atoms with E-state index < -0.39 is 12.0 Å². The van der Waals surface area contributed by atoms with Gasteiger partial charge in [-0.3, -0.25) is 9.36 Å². The first-order valence-electron chi connectivity index (χ1n) is 13.7. The van der Waals surface area contributed by atoms with Crippen LogP contribution in [0.15, 0.2) is 74.0 Å². The van der Waals surface area contributed by atoms with E-state index in [1.165, 1.54) is 11.3 Å². The molecule has 0 bridgehead atoms. The van der Waals surface area contributed by atoms with Gasteiger partial charge in [-0.05, 0) is 43.8 Å². The van der Waals surface area contributed by atoms with Gasteiger partial charge in [-0.1, -0.05) is 41.7 Å². The van der Waals surface area contributed by atoms with E-state index in [0.717, 1.165) is 42.8 Å². The van der Waals surface area contributed by atoms with E-state index >= 15 is 0 Å². The molecule has 2 aromatic heterocycles. The minimum Gasteiger partial charge on any atom is -0.496 e. The lowest BCUT2D eigenvalue weighted by atomic mass is 9.90. The van der Waals surface area contributed by atoms with Gasteiger partial charge in [0, 0.05) is 43.9 Å². The number of hydrogen-bond donors (Lipinski definition) is 0. The van der Waals surface area contributed by atoms with Crippen LogP contribution in [0.1, 0.15) is 31.2 Å². The normalized spacial score (nSPS) is 18.0. The van der Waals surface area contributed by atoms with Crippen molar-refractivity contribution in [2.45, 2.75) is 19.9 Å². The molecule has 1 fully saturated rings. The molecule has 0 radical (unpaired) electrons. The number of furan rings is 1. The summed E-state index contributed by atoms with van der Waals surface area (Å²) in [5.74, 6) is 1.44. The third-order valence-corrected chi connectivity index (χ3v) is 8.62. The molecule has 2 aromatic carbocycles. The number of anilines is 1. The van der Waals surface area contributed by atoms with Crippen LogP contribution in [0.25, 0.3) is 16.8 Å². The quantitative estimate of drug-likeness (QED) is 0.328. The molecule has 9 nitrogen and oxygen atoms in total. The number of carbonyl (C=O) groups excluding carboxylic acids is 1. The van der Waals surface area contributed by atoms with Crippen LogP contribution in [0.5, 0.6) is 5.75 Å². The second-order valence-corrected chi connectivity index (χ2v) is 11.2. The van der Waals surface area contributed by atoms with Crippen molar-refractivity contribution in [1.82, 2.24) is 9.47 Å². The standard InChI is InChI=1S/C31H32N4O5S/c1-5-39-30(37)26-19(2)32-31-35(28(26)27-22-9-7-6-8-20(22)10-12-23(27)38-4)29(36)24(41-31)18-21-11-13-25(40-21)34-16-14-33(3)15-17-34/h6-13,18,28H,5,14-17H2,1-4H3/b24-18+/t28-/m0/s1. The van der Waals surface area contributed by atoms with Crippen LogP contribution in [-0.4, -0.2) is 62.4 Å². The van der Waals surface area contributed by atoms with Gasteiger partial charge in [0.05, 0.1) is 29.5 Å². The number of fused-ring (bicyclic) bond motifs is 2. The number of esters is 1. The lowest BCUT2D eigenvalue weighted by Crippen LogP contribution is -2.44. The van der Waals surface area contributed by atoms with Gasteiger partial charge < -0.3 is 23.7 Å². The lowest BCUT2D eigenvalue weighted by molar-refractivity contribution is -0.139. The van der Waals surface area contributed by atoms with Crippen molar-refractivity contribution in [2.75, 3.05) is 51.8 Å². The fourth-order valence-corrected chi connectivity index (χ4v) is 6.57. The van der Waals surface area contributed by atoms with E-state index in [-0.39, 0.29) is 12.2 Å². The number of thiazole rings is 1. The van der Waals surface area contributed by atoms with Gasteiger partial charge in [-0.25, -0.2) is 9.79 Å². The SMILES string of the molecule is CCOC(=O)C1=C(C)N=c2s/c(=C/c3ccc(N4CCN(C)CC4)o3)c(=O)n2[C@@H]1c1c(OC)ccc2ccccc12. The number of carbonyl (C=O) groups is 1. The zero-order valence-electron chi connectivity index (χ0n) is 23.5. The number of hydrogen-bond acceptors (Lipinski definition) is 9. The molecule has 10 heteroatoms. The van der Waals surface area contributed by atoms with Gasteiger partial charge in [0.15, 0.2) is 10.7 Å². The van der Waals surface area contributed by atoms with Crippen molar-refractivity contribution < 1.29 is 18.7 Å². The van der Waals surface area contributed by atoms with Crippen molar-refractivity contribution in [2.24, 2.45) is 4.99 Å². The topological polar surface area (TPSA) is 89.5 Å². The Kier molecular flexibility index (Phi) is 7.27. The van der Waals surface area contributed by atoms with E-state index in [4.69, 9.17) is 18.9 Å². The van der Waals surface area contributed by atoms with Crippen LogP contribution in [0.3, 0.4) is 0 Å². The number of aromatic nitrogens is 1. The molecule has 212 valence electrons. The first kappa shape index (κ1) is 27.0. The van der Waals surface area contributed by atoms with Crippen molar-refractivity contribution in [3.63, 3.8) is 0 Å². The summed E-state index contributed by atoms with van der Waals surface area (Å²) in [7, 11) is 3.70. The Balaban J connectivity index is 1.52. The van der Waals surface area contributed by atoms with Gasteiger partial charge in [0.25, 0.3) is 5.56 Å². The summed E-state index contributed by atoms with van der Waals surface area (Å²) >= 11 is 1.27. The smallest absolute Gasteiger partial charge is 0.338 e. The number of benzene rings is 2. The number of likely N-dealkylation sites (N-methyl/N-ethyl adjacent to an activating group) is 1. The molecule has 6 rings (SSSR count). The largest absolute Gasteiger partial charge is 0.496 e. The first-order valence-corrected chi connectivity index (χ1v) is 14.5. The van der Waals surface area contributed by atoms with E-state index in [1.54, 1.807) is 31.6 Å². The van der Waals surface area contributed by atoms with Crippen LogP contribution >= 0.6 is 11.3 Å². The fraction of sp³-hybridized carbons (Fsp3) is 0.323. The Morgan fingerprint density at radius 2 is 1.90 bits per heavy atom. The highest BCUT2D eigenvalue weighted by molar-refractivity contribution is 7.07. The molecule has 4 aromatic rings. The highest BCUT2D eigenvalue weighted by Gasteiger charge is 2.36. The molecular formula is C31H32N4O5S. The van der Waals surface area contributed by atoms with Crippen LogP contribution in [0, 0.1) is 0 Å². The lowest BCUT2D eigenvalue weighted by Gasteiger charge is -2.32. The Morgan fingerprint density at radius 3 is 2.66 bits per heavy atom. The molecule has 4 heterocycles. The van der Waals surface area contributed by atoms with Crippen molar-refractivity contribution in [3.05, 3.63) is 90.8 Å². The minimum atomic E-state index is -0.786. The number of allylic oxidation sites excluding steroid dienone is 1. The minimum absolute atomic E-state index is 0.202. The Labute approximate surface area is 241 Å². The molecule has 2 aliphatic heterocycles. The van der Waals surface area contributed by atoms with Crippen LogP contribution in [0.2, 0.25) is 0 Å². The van der Waals surface area contributed by atoms with E-state index in [2.05, 4.69) is 16.8 Å². The monoisotopic (exact) mass is 572 g/mol. The van der Waals surface area contributed by atoms with E-state index in [9.17, 15) is 9.59 Å². The molecule has 1 saturated heterocycles. The fourth-order valence-electron chi connectivity index (χ4n) is 5.55. The molecule has 41 heavy (non-hydrogen) atoms. The summed E-state index contributed by atoms with van der Waals surface area (Å²) in [5, 5.41) is 1.85. The summed E-state index contributed by atoms with van der Waals surface area (Å²) in [6.07, 6.45) is 1.75.